The summed E-state index contributed by atoms with van der Waals surface area (Å²) in [4.78, 5) is 24.9. The molecule has 0 fully saturated rings. The van der Waals surface area contributed by atoms with E-state index in [-0.39, 0.29) is 25.2 Å². The minimum atomic E-state index is -0.622. The Labute approximate surface area is 174 Å². The van der Waals surface area contributed by atoms with Gasteiger partial charge in [-0.25, -0.2) is 0 Å². The smallest absolute Gasteiger partial charge is 0.258 e. The number of para-hydroxylation sites is 1. The maximum Gasteiger partial charge on any atom is 0.258 e. The van der Waals surface area contributed by atoms with Crippen LogP contribution in [0.5, 0.6) is 17.2 Å². The molecule has 3 rings (SSSR count). The molecule has 0 saturated heterocycles. The average Bonchev–Trinajstić information content (AvgIpc) is 3.22. The highest BCUT2D eigenvalue weighted by Crippen LogP contribution is 2.32. The summed E-state index contributed by atoms with van der Waals surface area (Å²) in [5, 5.41) is 5.64. The molecular formula is C21H24N2O5S. The van der Waals surface area contributed by atoms with Crippen LogP contribution in [0.2, 0.25) is 0 Å². The predicted octanol–water partition coefficient (Wildman–Crippen LogP) is 2.35. The Morgan fingerprint density at radius 2 is 1.93 bits per heavy atom. The summed E-state index contributed by atoms with van der Waals surface area (Å²) in [7, 11) is 0. The minimum Gasteiger partial charge on any atom is -0.484 e. The van der Waals surface area contributed by atoms with E-state index in [0.29, 0.717) is 30.2 Å². The Balaban J connectivity index is 1.51. The van der Waals surface area contributed by atoms with Gasteiger partial charge >= 0.3 is 0 Å². The molecule has 2 aromatic rings. The van der Waals surface area contributed by atoms with Gasteiger partial charge in [-0.3, -0.25) is 9.59 Å². The molecule has 0 radical (unpaired) electrons. The van der Waals surface area contributed by atoms with Gasteiger partial charge in [0.2, 0.25) is 12.7 Å². The average molecular weight is 416 g/mol. The van der Waals surface area contributed by atoms with Crippen molar-refractivity contribution in [2.75, 3.05) is 25.4 Å². The lowest BCUT2D eigenvalue weighted by atomic mass is 10.1. The van der Waals surface area contributed by atoms with Crippen molar-refractivity contribution in [3.63, 3.8) is 0 Å². The summed E-state index contributed by atoms with van der Waals surface area (Å²) in [5.41, 5.74) is 0.893. The van der Waals surface area contributed by atoms with Gasteiger partial charge in [0.1, 0.15) is 11.8 Å². The minimum absolute atomic E-state index is 0.144. The fourth-order valence-electron chi connectivity index (χ4n) is 2.77. The molecule has 7 nitrogen and oxygen atoms in total. The van der Waals surface area contributed by atoms with E-state index in [1.165, 1.54) is 0 Å². The van der Waals surface area contributed by atoms with Crippen molar-refractivity contribution in [2.45, 2.75) is 19.0 Å². The number of hydrogen-bond acceptors (Lipinski definition) is 6. The molecule has 0 spiro atoms. The van der Waals surface area contributed by atoms with Crippen molar-refractivity contribution < 1.29 is 23.8 Å². The fraction of sp³-hybridized carbons (Fsp3) is 0.333. The molecule has 154 valence electrons. The van der Waals surface area contributed by atoms with Crippen LogP contribution < -0.4 is 24.8 Å². The number of rotatable bonds is 10. The lowest BCUT2D eigenvalue weighted by Crippen LogP contribution is -2.48. The molecule has 1 aliphatic heterocycles. The van der Waals surface area contributed by atoms with Gasteiger partial charge in [-0.05, 0) is 48.3 Å². The zero-order valence-corrected chi connectivity index (χ0v) is 17.0. The fourth-order valence-corrected chi connectivity index (χ4v) is 3.24. The van der Waals surface area contributed by atoms with Gasteiger partial charge in [-0.2, -0.15) is 11.8 Å². The number of benzene rings is 2. The number of hydrogen-bond donors (Lipinski definition) is 2. The number of nitrogens with one attached hydrogen (secondary N) is 2. The van der Waals surface area contributed by atoms with E-state index in [1.807, 2.05) is 42.7 Å². The molecule has 0 aromatic heterocycles. The first kappa shape index (κ1) is 20.9. The second kappa shape index (κ2) is 10.6. The summed E-state index contributed by atoms with van der Waals surface area (Å²) in [6, 6.07) is 14.0. The normalized spacial score (nSPS) is 12.9. The molecule has 2 aromatic carbocycles. The SMILES string of the molecule is CSCCC(NC(=O)COc1ccccc1)C(=O)NCc1ccc2c(c1)OCO2. The van der Waals surface area contributed by atoms with Gasteiger partial charge in [0.15, 0.2) is 18.1 Å². The van der Waals surface area contributed by atoms with E-state index >= 15 is 0 Å². The topological polar surface area (TPSA) is 85.9 Å². The van der Waals surface area contributed by atoms with Gasteiger partial charge in [0, 0.05) is 6.54 Å². The molecule has 2 N–H and O–H groups in total. The molecule has 0 bridgehead atoms. The molecule has 1 aliphatic rings. The van der Waals surface area contributed by atoms with Crippen LogP contribution >= 0.6 is 11.8 Å². The van der Waals surface area contributed by atoms with Gasteiger partial charge in [0.05, 0.1) is 0 Å². The zero-order valence-electron chi connectivity index (χ0n) is 16.2. The Morgan fingerprint density at radius 3 is 2.72 bits per heavy atom. The van der Waals surface area contributed by atoms with E-state index in [0.717, 1.165) is 11.3 Å². The Morgan fingerprint density at radius 1 is 1.14 bits per heavy atom. The lowest BCUT2D eigenvalue weighted by Gasteiger charge is -2.18. The van der Waals surface area contributed by atoms with E-state index in [4.69, 9.17) is 14.2 Å². The zero-order chi connectivity index (χ0) is 20.5. The highest BCUT2D eigenvalue weighted by atomic mass is 32.2. The van der Waals surface area contributed by atoms with Crippen LogP contribution in [0.1, 0.15) is 12.0 Å². The number of ether oxygens (including phenoxy) is 3. The second-order valence-corrected chi connectivity index (χ2v) is 7.39. The van der Waals surface area contributed by atoms with E-state index in [1.54, 1.807) is 23.9 Å². The quantitative estimate of drug-likeness (QED) is 0.618. The van der Waals surface area contributed by atoms with Gasteiger partial charge in [-0.15, -0.1) is 0 Å². The summed E-state index contributed by atoms with van der Waals surface area (Å²) >= 11 is 1.62. The van der Waals surface area contributed by atoms with Crippen LogP contribution in [0.4, 0.5) is 0 Å². The third-order valence-corrected chi connectivity index (χ3v) is 4.92. The third-order valence-electron chi connectivity index (χ3n) is 4.28. The molecule has 2 amide bonds. The van der Waals surface area contributed by atoms with E-state index in [2.05, 4.69) is 10.6 Å². The van der Waals surface area contributed by atoms with Crippen molar-refractivity contribution in [2.24, 2.45) is 0 Å². The molecule has 1 unspecified atom stereocenters. The number of fused-ring (bicyclic) bond motifs is 1. The largest absolute Gasteiger partial charge is 0.484 e. The number of thioether (sulfide) groups is 1. The molecule has 0 saturated carbocycles. The van der Waals surface area contributed by atoms with Gasteiger partial charge < -0.3 is 24.8 Å². The predicted molar refractivity (Wildman–Crippen MR) is 111 cm³/mol. The Bertz CT molecular complexity index is 831. The monoisotopic (exact) mass is 416 g/mol. The van der Waals surface area contributed by atoms with Crippen molar-refractivity contribution >= 4 is 23.6 Å². The van der Waals surface area contributed by atoms with E-state index < -0.39 is 6.04 Å². The maximum absolute atomic E-state index is 12.6. The summed E-state index contributed by atoms with van der Waals surface area (Å²) in [6.07, 6.45) is 2.49. The van der Waals surface area contributed by atoms with Crippen molar-refractivity contribution in [1.29, 1.82) is 0 Å². The summed E-state index contributed by atoms with van der Waals surface area (Å²) < 4.78 is 16.1. The summed E-state index contributed by atoms with van der Waals surface area (Å²) in [6.45, 7) is 0.399. The van der Waals surface area contributed by atoms with Crippen LogP contribution in [0.15, 0.2) is 48.5 Å². The van der Waals surface area contributed by atoms with Crippen LogP contribution in [0.25, 0.3) is 0 Å². The molecule has 1 heterocycles. The molecular weight excluding hydrogens is 392 g/mol. The molecule has 8 heteroatoms. The number of amides is 2. The highest BCUT2D eigenvalue weighted by molar-refractivity contribution is 7.98. The lowest BCUT2D eigenvalue weighted by molar-refractivity contribution is -0.130. The van der Waals surface area contributed by atoms with E-state index in [9.17, 15) is 9.59 Å². The second-order valence-electron chi connectivity index (χ2n) is 6.41. The first-order chi connectivity index (χ1) is 14.2. The Kier molecular flexibility index (Phi) is 7.63. The van der Waals surface area contributed by atoms with Crippen LogP contribution in [-0.2, 0) is 16.1 Å². The maximum atomic E-state index is 12.6. The van der Waals surface area contributed by atoms with Crippen LogP contribution in [-0.4, -0.2) is 43.3 Å². The Hall–Kier alpha value is -2.87. The molecule has 29 heavy (non-hydrogen) atoms. The summed E-state index contributed by atoms with van der Waals surface area (Å²) in [5.74, 6) is 2.16. The van der Waals surface area contributed by atoms with Crippen LogP contribution in [0.3, 0.4) is 0 Å². The third kappa shape index (κ3) is 6.32. The highest BCUT2D eigenvalue weighted by Gasteiger charge is 2.21. The number of carbonyl (C=O) groups is 2. The molecule has 1 atom stereocenters. The first-order valence-electron chi connectivity index (χ1n) is 9.28. The van der Waals surface area contributed by atoms with Crippen molar-refractivity contribution in [3.05, 3.63) is 54.1 Å². The van der Waals surface area contributed by atoms with Crippen molar-refractivity contribution in [3.8, 4) is 17.2 Å². The number of carbonyl (C=O) groups excluding carboxylic acids is 2. The van der Waals surface area contributed by atoms with Gasteiger partial charge in [-0.1, -0.05) is 24.3 Å². The van der Waals surface area contributed by atoms with Gasteiger partial charge in [0.25, 0.3) is 5.91 Å². The standard InChI is InChI=1S/C21H24N2O5S/c1-29-10-9-17(23-20(24)13-26-16-5-3-2-4-6-16)21(25)22-12-15-7-8-18-19(11-15)28-14-27-18/h2-8,11,17H,9-10,12-14H2,1H3,(H,22,25)(H,23,24). The van der Waals surface area contributed by atoms with Crippen LogP contribution in [0, 0.1) is 0 Å². The first-order valence-corrected chi connectivity index (χ1v) is 10.7. The van der Waals surface area contributed by atoms with Crippen molar-refractivity contribution in [1.82, 2.24) is 10.6 Å². The molecule has 0 aliphatic carbocycles.